The van der Waals surface area contributed by atoms with Crippen LogP contribution in [0.5, 0.6) is 0 Å². The molecule has 2 aliphatic rings. The molecule has 3 nitrogen and oxygen atoms in total. The van der Waals surface area contributed by atoms with E-state index >= 15 is 0 Å². The quantitative estimate of drug-likeness (QED) is 0.642. The summed E-state index contributed by atoms with van der Waals surface area (Å²) in [5.41, 5.74) is 0. The van der Waals surface area contributed by atoms with Crippen molar-refractivity contribution in [2.75, 3.05) is 20.2 Å². The normalized spacial score (nSPS) is 37.4. The standard InChI is InChI=1S/C11H19NO2/c1-14-11(13)9-4-2-3-8-5-6-12-7-10(8)9/h8-10,12H,2-7H2,1H3/t8-,9-,10-/m1/s1. The number of nitrogens with one attached hydrogen (secondary N) is 1. The predicted molar refractivity (Wildman–Crippen MR) is 53.8 cm³/mol. The van der Waals surface area contributed by atoms with Gasteiger partial charge < -0.3 is 10.1 Å². The smallest absolute Gasteiger partial charge is 0.308 e. The van der Waals surface area contributed by atoms with E-state index in [9.17, 15) is 4.79 Å². The van der Waals surface area contributed by atoms with E-state index in [2.05, 4.69) is 5.32 Å². The van der Waals surface area contributed by atoms with Gasteiger partial charge in [0.15, 0.2) is 0 Å². The predicted octanol–water partition coefficient (Wildman–Crippen LogP) is 1.19. The summed E-state index contributed by atoms with van der Waals surface area (Å²) in [4.78, 5) is 11.6. The third-order valence-corrected chi connectivity index (χ3v) is 3.79. The monoisotopic (exact) mass is 197 g/mol. The summed E-state index contributed by atoms with van der Waals surface area (Å²) < 4.78 is 4.87. The van der Waals surface area contributed by atoms with Gasteiger partial charge in [-0.25, -0.2) is 0 Å². The largest absolute Gasteiger partial charge is 0.469 e. The fourth-order valence-corrected chi connectivity index (χ4v) is 3.02. The van der Waals surface area contributed by atoms with Crippen molar-refractivity contribution < 1.29 is 9.53 Å². The lowest BCUT2D eigenvalue weighted by atomic mass is 9.69. The van der Waals surface area contributed by atoms with Crippen LogP contribution in [0.4, 0.5) is 0 Å². The Hall–Kier alpha value is -0.570. The number of methoxy groups -OCH3 is 1. The molecule has 2 rings (SSSR count). The minimum absolute atomic E-state index is 0.00315. The molecular weight excluding hydrogens is 178 g/mol. The molecule has 0 bridgehead atoms. The molecule has 80 valence electrons. The average Bonchev–Trinajstić information content (AvgIpc) is 2.27. The Morgan fingerprint density at radius 1 is 1.36 bits per heavy atom. The third-order valence-electron chi connectivity index (χ3n) is 3.79. The van der Waals surface area contributed by atoms with E-state index in [1.165, 1.54) is 26.4 Å². The summed E-state index contributed by atoms with van der Waals surface area (Å²) in [6.45, 7) is 2.12. The first-order valence-corrected chi connectivity index (χ1v) is 5.61. The molecule has 2 fully saturated rings. The Kier molecular flexibility index (Phi) is 3.06. The van der Waals surface area contributed by atoms with Crippen molar-refractivity contribution in [3.05, 3.63) is 0 Å². The zero-order valence-electron chi connectivity index (χ0n) is 8.79. The molecule has 1 aliphatic heterocycles. The van der Waals surface area contributed by atoms with Gasteiger partial charge in [0.05, 0.1) is 13.0 Å². The SMILES string of the molecule is COC(=O)[C@@H]1CCC[C@@H]2CCNC[C@H]21. The van der Waals surface area contributed by atoms with Gasteiger partial charge >= 0.3 is 5.97 Å². The van der Waals surface area contributed by atoms with Crippen LogP contribution in [0.1, 0.15) is 25.7 Å². The number of carbonyl (C=O) groups is 1. The Morgan fingerprint density at radius 2 is 2.21 bits per heavy atom. The van der Waals surface area contributed by atoms with Gasteiger partial charge in [0.1, 0.15) is 0 Å². The summed E-state index contributed by atoms with van der Waals surface area (Å²) in [6.07, 6.45) is 4.76. The lowest BCUT2D eigenvalue weighted by Crippen LogP contribution is -2.45. The molecule has 14 heavy (non-hydrogen) atoms. The van der Waals surface area contributed by atoms with Crippen LogP contribution in [-0.4, -0.2) is 26.2 Å². The number of fused-ring (bicyclic) bond motifs is 1. The first-order valence-electron chi connectivity index (χ1n) is 5.61. The topological polar surface area (TPSA) is 38.3 Å². The second-order valence-corrected chi connectivity index (χ2v) is 4.48. The molecule has 0 amide bonds. The highest BCUT2D eigenvalue weighted by Crippen LogP contribution is 2.38. The van der Waals surface area contributed by atoms with Crippen LogP contribution >= 0.6 is 0 Å². The molecule has 0 aromatic heterocycles. The zero-order valence-corrected chi connectivity index (χ0v) is 8.79. The van der Waals surface area contributed by atoms with E-state index in [1.807, 2.05) is 0 Å². The van der Waals surface area contributed by atoms with E-state index in [1.54, 1.807) is 0 Å². The van der Waals surface area contributed by atoms with Crippen LogP contribution < -0.4 is 5.32 Å². The molecule has 1 heterocycles. The highest BCUT2D eigenvalue weighted by atomic mass is 16.5. The van der Waals surface area contributed by atoms with E-state index in [-0.39, 0.29) is 11.9 Å². The van der Waals surface area contributed by atoms with Crippen LogP contribution in [0.2, 0.25) is 0 Å². The number of piperidine rings is 1. The third kappa shape index (κ3) is 1.78. The molecular formula is C11H19NO2. The van der Waals surface area contributed by atoms with Gasteiger partial charge in [-0.2, -0.15) is 0 Å². The maximum atomic E-state index is 11.6. The lowest BCUT2D eigenvalue weighted by Gasteiger charge is -2.40. The van der Waals surface area contributed by atoms with Gasteiger partial charge in [-0.15, -0.1) is 0 Å². The van der Waals surface area contributed by atoms with Crippen molar-refractivity contribution in [3.8, 4) is 0 Å². The van der Waals surface area contributed by atoms with E-state index in [0.717, 1.165) is 25.4 Å². The van der Waals surface area contributed by atoms with Crippen molar-refractivity contribution in [2.24, 2.45) is 17.8 Å². The number of carbonyl (C=O) groups excluding carboxylic acids is 1. The second kappa shape index (κ2) is 4.30. The Morgan fingerprint density at radius 3 is 3.00 bits per heavy atom. The fraction of sp³-hybridized carbons (Fsp3) is 0.909. The summed E-state index contributed by atoms with van der Waals surface area (Å²) in [5.74, 6) is 1.45. The molecule has 3 atom stereocenters. The number of hydrogen-bond acceptors (Lipinski definition) is 3. The van der Waals surface area contributed by atoms with Crippen molar-refractivity contribution in [1.29, 1.82) is 0 Å². The van der Waals surface area contributed by atoms with Crippen molar-refractivity contribution in [3.63, 3.8) is 0 Å². The molecule has 0 unspecified atom stereocenters. The van der Waals surface area contributed by atoms with Crippen LogP contribution in [0.15, 0.2) is 0 Å². The van der Waals surface area contributed by atoms with Crippen LogP contribution in [-0.2, 0) is 9.53 Å². The maximum absolute atomic E-state index is 11.6. The van der Waals surface area contributed by atoms with Gasteiger partial charge in [0, 0.05) is 0 Å². The number of hydrogen-bond donors (Lipinski definition) is 1. The van der Waals surface area contributed by atoms with Crippen molar-refractivity contribution >= 4 is 5.97 Å². The first kappa shape index (κ1) is 9.97. The highest BCUT2D eigenvalue weighted by molar-refractivity contribution is 5.72. The van der Waals surface area contributed by atoms with E-state index in [4.69, 9.17) is 4.74 Å². The Balaban J connectivity index is 2.04. The molecule has 0 radical (unpaired) electrons. The summed E-state index contributed by atoms with van der Waals surface area (Å²) in [6, 6.07) is 0. The molecule has 0 aromatic carbocycles. The second-order valence-electron chi connectivity index (χ2n) is 4.48. The molecule has 3 heteroatoms. The fourth-order valence-electron chi connectivity index (χ4n) is 3.02. The lowest BCUT2D eigenvalue weighted by molar-refractivity contribution is -0.150. The molecule has 1 saturated heterocycles. The first-order chi connectivity index (χ1) is 6.83. The number of esters is 1. The molecule has 1 N–H and O–H groups in total. The van der Waals surface area contributed by atoms with Gasteiger partial charge in [0.25, 0.3) is 0 Å². The summed E-state index contributed by atoms with van der Waals surface area (Å²) >= 11 is 0. The summed E-state index contributed by atoms with van der Waals surface area (Å²) in [7, 11) is 1.50. The van der Waals surface area contributed by atoms with Crippen molar-refractivity contribution in [2.45, 2.75) is 25.7 Å². The Labute approximate surface area is 85.2 Å². The number of ether oxygens (including phenoxy) is 1. The summed E-state index contributed by atoms with van der Waals surface area (Å²) in [5, 5.41) is 3.39. The maximum Gasteiger partial charge on any atom is 0.308 e. The molecule has 1 saturated carbocycles. The molecule has 1 aliphatic carbocycles. The van der Waals surface area contributed by atoms with E-state index in [0.29, 0.717) is 5.92 Å². The van der Waals surface area contributed by atoms with Crippen LogP contribution in [0.25, 0.3) is 0 Å². The van der Waals surface area contributed by atoms with Crippen molar-refractivity contribution in [1.82, 2.24) is 5.32 Å². The number of rotatable bonds is 1. The zero-order chi connectivity index (χ0) is 9.97. The van der Waals surface area contributed by atoms with Gasteiger partial charge in [0.2, 0.25) is 0 Å². The minimum atomic E-state index is 0.00315. The van der Waals surface area contributed by atoms with E-state index < -0.39 is 0 Å². The van der Waals surface area contributed by atoms with Gasteiger partial charge in [-0.05, 0) is 37.8 Å². The van der Waals surface area contributed by atoms with Crippen LogP contribution in [0, 0.1) is 17.8 Å². The average molecular weight is 197 g/mol. The molecule has 0 aromatic rings. The highest BCUT2D eigenvalue weighted by Gasteiger charge is 2.38. The van der Waals surface area contributed by atoms with Crippen LogP contribution in [0.3, 0.4) is 0 Å². The van der Waals surface area contributed by atoms with Gasteiger partial charge in [-0.3, -0.25) is 4.79 Å². The van der Waals surface area contributed by atoms with Gasteiger partial charge in [-0.1, -0.05) is 12.8 Å². The molecule has 0 spiro atoms. The minimum Gasteiger partial charge on any atom is -0.469 e. The Bertz CT molecular complexity index is 215.